The van der Waals surface area contributed by atoms with Gasteiger partial charge in [0.15, 0.2) is 0 Å². The first kappa shape index (κ1) is 14.4. The third kappa shape index (κ3) is 3.10. The number of nitriles is 1. The predicted octanol–water partition coefficient (Wildman–Crippen LogP) is 4.52. The number of anilines is 1. The van der Waals surface area contributed by atoms with Crippen LogP contribution in [0.25, 0.3) is 0 Å². The normalized spacial score (nSPS) is 17.5. The summed E-state index contributed by atoms with van der Waals surface area (Å²) in [6.45, 7) is 0. The number of nitrogens with one attached hydrogen (secondary N) is 1. The minimum Gasteiger partial charge on any atom is -0.325 e. The standard InChI is InChI=1S/C14H14BrClN2O/c15-11-8-10(4-5-12(11)16)18-13(19)14(9-17)6-2-1-3-7-14/h4-5,8H,1-3,6-7H2,(H,18,19). The first-order valence-electron chi connectivity index (χ1n) is 6.25. The fourth-order valence-electron chi connectivity index (χ4n) is 2.37. The van der Waals surface area contributed by atoms with E-state index in [0.29, 0.717) is 23.6 Å². The molecule has 0 atom stereocenters. The number of carbonyl (C=O) groups excluding carboxylic acids is 1. The number of carbonyl (C=O) groups is 1. The summed E-state index contributed by atoms with van der Waals surface area (Å²) in [6, 6.07) is 7.40. The maximum absolute atomic E-state index is 12.3. The molecule has 1 saturated carbocycles. The topological polar surface area (TPSA) is 52.9 Å². The van der Waals surface area contributed by atoms with Crippen LogP contribution in [0.15, 0.2) is 22.7 Å². The number of rotatable bonds is 2. The molecule has 1 aromatic rings. The molecule has 1 aromatic carbocycles. The SMILES string of the molecule is N#CC1(C(=O)Nc2ccc(Cl)c(Br)c2)CCCCC1. The average Bonchev–Trinajstić information content (AvgIpc) is 2.43. The molecule has 19 heavy (non-hydrogen) atoms. The lowest BCUT2D eigenvalue weighted by Gasteiger charge is -2.29. The van der Waals surface area contributed by atoms with Gasteiger partial charge in [-0.2, -0.15) is 5.26 Å². The number of nitrogens with zero attached hydrogens (tertiary/aromatic N) is 1. The molecule has 0 bridgehead atoms. The Morgan fingerprint density at radius 1 is 1.37 bits per heavy atom. The molecule has 1 N–H and O–H groups in total. The molecule has 0 saturated heterocycles. The lowest BCUT2D eigenvalue weighted by atomic mass is 9.74. The molecule has 0 aromatic heterocycles. The number of benzene rings is 1. The second-order valence-corrected chi connectivity index (χ2v) is 6.10. The minimum absolute atomic E-state index is 0.205. The van der Waals surface area contributed by atoms with Crippen LogP contribution in [0.2, 0.25) is 5.02 Å². The van der Waals surface area contributed by atoms with Crippen LogP contribution in [0.1, 0.15) is 32.1 Å². The van der Waals surface area contributed by atoms with Gasteiger partial charge in [-0.15, -0.1) is 0 Å². The molecule has 0 spiro atoms. The van der Waals surface area contributed by atoms with Crippen molar-refractivity contribution in [2.75, 3.05) is 5.32 Å². The molecule has 3 nitrogen and oxygen atoms in total. The summed E-state index contributed by atoms with van der Waals surface area (Å²) < 4.78 is 0.724. The Balaban J connectivity index is 2.15. The zero-order chi connectivity index (χ0) is 13.9. The fourth-order valence-corrected chi connectivity index (χ4v) is 2.87. The summed E-state index contributed by atoms with van der Waals surface area (Å²) in [5.74, 6) is -0.205. The molecular weight excluding hydrogens is 328 g/mol. The van der Waals surface area contributed by atoms with Gasteiger partial charge < -0.3 is 5.32 Å². The summed E-state index contributed by atoms with van der Waals surface area (Å²) in [7, 11) is 0. The van der Waals surface area contributed by atoms with Gasteiger partial charge in [0.25, 0.3) is 0 Å². The van der Waals surface area contributed by atoms with E-state index in [1.807, 2.05) is 0 Å². The lowest BCUT2D eigenvalue weighted by molar-refractivity contribution is -0.124. The van der Waals surface area contributed by atoms with Crippen LogP contribution in [0.5, 0.6) is 0 Å². The van der Waals surface area contributed by atoms with Crippen LogP contribution in [0, 0.1) is 16.7 Å². The minimum atomic E-state index is -0.871. The van der Waals surface area contributed by atoms with E-state index in [9.17, 15) is 10.1 Å². The molecule has 1 aliphatic carbocycles. The van der Waals surface area contributed by atoms with Crippen molar-refractivity contribution in [3.63, 3.8) is 0 Å². The summed E-state index contributed by atoms with van der Waals surface area (Å²) in [4.78, 5) is 12.3. The van der Waals surface area contributed by atoms with E-state index < -0.39 is 5.41 Å². The van der Waals surface area contributed by atoms with E-state index in [1.54, 1.807) is 18.2 Å². The fraction of sp³-hybridized carbons (Fsp3) is 0.429. The first-order chi connectivity index (χ1) is 9.07. The monoisotopic (exact) mass is 340 g/mol. The third-order valence-corrected chi connectivity index (χ3v) is 4.75. The van der Waals surface area contributed by atoms with Crippen molar-refractivity contribution in [2.24, 2.45) is 5.41 Å². The van der Waals surface area contributed by atoms with Crippen LogP contribution in [-0.2, 0) is 4.79 Å². The van der Waals surface area contributed by atoms with Gasteiger partial charge in [0.05, 0.1) is 11.1 Å². The van der Waals surface area contributed by atoms with E-state index in [1.165, 1.54) is 0 Å². The summed E-state index contributed by atoms with van der Waals surface area (Å²) >= 11 is 9.22. The Hall–Kier alpha value is -1.05. The highest BCUT2D eigenvalue weighted by Gasteiger charge is 2.39. The first-order valence-corrected chi connectivity index (χ1v) is 7.42. The number of hydrogen-bond acceptors (Lipinski definition) is 2. The van der Waals surface area contributed by atoms with Gasteiger partial charge in [0.1, 0.15) is 5.41 Å². The quantitative estimate of drug-likeness (QED) is 0.860. The highest BCUT2D eigenvalue weighted by Crippen LogP contribution is 2.37. The highest BCUT2D eigenvalue weighted by molar-refractivity contribution is 9.10. The van der Waals surface area contributed by atoms with Gasteiger partial charge in [0, 0.05) is 10.2 Å². The number of hydrogen-bond donors (Lipinski definition) is 1. The Kier molecular flexibility index (Phi) is 4.49. The second-order valence-electron chi connectivity index (χ2n) is 4.84. The van der Waals surface area contributed by atoms with E-state index >= 15 is 0 Å². The van der Waals surface area contributed by atoms with Gasteiger partial charge in [0.2, 0.25) is 5.91 Å². The zero-order valence-corrected chi connectivity index (χ0v) is 12.7. The molecule has 1 aliphatic rings. The summed E-state index contributed by atoms with van der Waals surface area (Å²) in [5, 5.41) is 12.8. The Labute approximate surface area is 126 Å². The van der Waals surface area contributed by atoms with Crippen LogP contribution in [-0.4, -0.2) is 5.91 Å². The van der Waals surface area contributed by atoms with Crippen LogP contribution in [0.3, 0.4) is 0 Å². The number of halogens is 2. The third-order valence-electron chi connectivity index (χ3n) is 3.53. The molecule has 2 rings (SSSR count). The lowest BCUT2D eigenvalue weighted by Crippen LogP contribution is -2.36. The maximum Gasteiger partial charge on any atom is 0.244 e. The van der Waals surface area contributed by atoms with Crippen LogP contribution >= 0.6 is 27.5 Å². The van der Waals surface area contributed by atoms with Gasteiger partial charge >= 0.3 is 0 Å². The Morgan fingerprint density at radius 3 is 2.63 bits per heavy atom. The van der Waals surface area contributed by atoms with Crippen LogP contribution in [0.4, 0.5) is 5.69 Å². The van der Waals surface area contributed by atoms with Crippen molar-refractivity contribution in [1.82, 2.24) is 0 Å². The molecule has 0 radical (unpaired) electrons. The zero-order valence-electron chi connectivity index (χ0n) is 10.4. The van der Waals surface area contributed by atoms with Crippen molar-refractivity contribution in [3.05, 3.63) is 27.7 Å². The van der Waals surface area contributed by atoms with E-state index in [-0.39, 0.29) is 5.91 Å². The van der Waals surface area contributed by atoms with Gasteiger partial charge in [-0.1, -0.05) is 30.9 Å². The smallest absolute Gasteiger partial charge is 0.244 e. The molecule has 0 aliphatic heterocycles. The summed E-state index contributed by atoms with van der Waals surface area (Å²) in [5.41, 5.74) is -0.217. The number of amides is 1. The van der Waals surface area contributed by atoms with Gasteiger partial charge in [-0.3, -0.25) is 4.79 Å². The largest absolute Gasteiger partial charge is 0.325 e. The van der Waals surface area contributed by atoms with Crippen molar-refractivity contribution in [3.8, 4) is 6.07 Å². The van der Waals surface area contributed by atoms with Crippen molar-refractivity contribution in [1.29, 1.82) is 5.26 Å². The van der Waals surface area contributed by atoms with Crippen molar-refractivity contribution < 1.29 is 4.79 Å². The van der Waals surface area contributed by atoms with E-state index in [2.05, 4.69) is 27.3 Å². The maximum atomic E-state index is 12.3. The Morgan fingerprint density at radius 2 is 2.05 bits per heavy atom. The van der Waals surface area contributed by atoms with Gasteiger partial charge in [-0.05, 0) is 47.0 Å². The van der Waals surface area contributed by atoms with Crippen molar-refractivity contribution >= 4 is 39.1 Å². The molecule has 100 valence electrons. The molecule has 0 heterocycles. The van der Waals surface area contributed by atoms with Gasteiger partial charge in [-0.25, -0.2) is 0 Å². The van der Waals surface area contributed by atoms with E-state index in [4.69, 9.17) is 11.6 Å². The molecule has 1 fully saturated rings. The van der Waals surface area contributed by atoms with Crippen molar-refractivity contribution in [2.45, 2.75) is 32.1 Å². The van der Waals surface area contributed by atoms with E-state index in [0.717, 1.165) is 23.7 Å². The van der Waals surface area contributed by atoms with Crippen LogP contribution < -0.4 is 5.32 Å². The summed E-state index contributed by atoms with van der Waals surface area (Å²) in [6.07, 6.45) is 4.26. The molecular formula is C14H14BrClN2O. The molecule has 0 unspecified atom stereocenters. The second kappa shape index (κ2) is 5.94. The predicted molar refractivity (Wildman–Crippen MR) is 78.9 cm³/mol. The average molecular weight is 342 g/mol. The molecule has 1 amide bonds. The Bertz CT molecular complexity index is 533. The highest BCUT2D eigenvalue weighted by atomic mass is 79.9. The molecule has 5 heteroatoms.